The van der Waals surface area contributed by atoms with E-state index in [0.29, 0.717) is 13.0 Å². The lowest BCUT2D eigenvalue weighted by molar-refractivity contribution is -0.127. The SMILES string of the molecule is C#CCCCCNC(=O)C1Cc2ccccc2O1. The van der Waals surface area contributed by atoms with E-state index in [9.17, 15) is 4.79 Å². The van der Waals surface area contributed by atoms with Crippen LogP contribution in [-0.4, -0.2) is 18.6 Å². The molecule has 1 amide bonds. The van der Waals surface area contributed by atoms with Crippen molar-refractivity contribution >= 4 is 5.91 Å². The molecule has 0 saturated carbocycles. The smallest absolute Gasteiger partial charge is 0.261 e. The number of ether oxygens (including phenoxy) is 1. The van der Waals surface area contributed by atoms with Crippen LogP contribution < -0.4 is 10.1 Å². The molecule has 1 aromatic carbocycles. The number of carbonyl (C=O) groups excluding carboxylic acids is 1. The molecule has 3 nitrogen and oxygen atoms in total. The van der Waals surface area contributed by atoms with Crippen LogP contribution in [0, 0.1) is 12.3 Å². The fourth-order valence-electron chi connectivity index (χ4n) is 2.01. The average molecular weight is 243 g/mol. The van der Waals surface area contributed by atoms with Crippen LogP contribution in [0.1, 0.15) is 24.8 Å². The first-order chi connectivity index (χ1) is 8.81. The van der Waals surface area contributed by atoms with Crippen molar-refractivity contribution in [3.63, 3.8) is 0 Å². The number of benzene rings is 1. The summed E-state index contributed by atoms with van der Waals surface area (Å²) in [5, 5.41) is 2.89. The monoisotopic (exact) mass is 243 g/mol. The first-order valence-corrected chi connectivity index (χ1v) is 6.27. The van der Waals surface area contributed by atoms with Gasteiger partial charge in [0.25, 0.3) is 5.91 Å². The molecule has 0 bridgehead atoms. The number of carbonyl (C=O) groups is 1. The van der Waals surface area contributed by atoms with Gasteiger partial charge in [0.1, 0.15) is 5.75 Å². The molecule has 0 radical (unpaired) electrons. The molecular weight excluding hydrogens is 226 g/mol. The summed E-state index contributed by atoms with van der Waals surface area (Å²) < 4.78 is 5.60. The second-order valence-electron chi connectivity index (χ2n) is 4.37. The number of rotatable bonds is 5. The van der Waals surface area contributed by atoms with Gasteiger partial charge in [0, 0.05) is 19.4 Å². The molecule has 18 heavy (non-hydrogen) atoms. The minimum Gasteiger partial charge on any atom is -0.480 e. The fraction of sp³-hybridized carbons (Fsp3) is 0.400. The first kappa shape index (κ1) is 12.5. The van der Waals surface area contributed by atoms with Crippen LogP contribution >= 0.6 is 0 Å². The number of hydrogen-bond acceptors (Lipinski definition) is 2. The van der Waals surface area contributed by atoms with Gasteiger partial charge in [-0.3, -0.25) is 4.79 Å². The van der Waals surface area contributed by atoms with Crippen molar-refractivity contribution in [2.75, 3.05) is 6.54 Å². The third-order valence-electron chi connectivity index (χ3n) is 2.99. The highest BCUT2D eigenvalue weighted by Crippen LogP contribution is 2.27. The molecule has 1 unspecified atom stereocenters. The second-order valence-corrected chi connectivity index (χ2v) is 4.37. The number of para-hydroxylation sites is 1. The Morgan fingerprint density at radius 2 is 2.28 bits per heavy atom. The predicted octanol–water partition coefficient (Wildman–Crippen LogP) is 1.91. The highest BCUT2D eigenvalue weighted by atomic mass is 16.5. The van der Waals surface area contributed by atoms with Crippen LogP contribution in [0.15, 0.2) is 24.3 Å². The standard InChI is InChI=1S/C15H17NO2/c1-2-3-4-7-10-16-15(17)14-11-12-8-5-6-9-13(12)18-14/h1,5-6,8-9,14H,3-4,7,10-11H2,(H,16,17). The summed E-state index contributed by atoms with van der Waals surface area (Å²) in [6.07, 6.45) is 8.07. The summed E-state index contributed by atoms with van der Waals surface area (Å²) in [6.45, 7) is 0.663. The van der Waals surface area contributed by atoms with Gasteiger partial charge in [-0.1, -0.05) is 18.2 Å². The quantitative estimate of drug-likeness (QED) is 0.633. The Bertz CT molecular complexity index is 437. The summed E-state index contributed by atoms with van der Waals surface area (Å²) >= 11 is 0. The Morgan fingerprint density at radius 1 is 1.44 bits per heavy atom. The molecule has 0 aliphatic carbocycles. The van der Waals surface area contributed by atoms with E-state index in [2.05, 4.69) is 11.2 Å². The summed E-state index contributed by atoms with van der Waals surface area (Å²) in [5.41, 5.74) is 1.10. The van der Waals surface area contributed by atoms with E-state index in [-0.39, 0.29) is 12.0 Å². The van der Waals surface area contributed by atoms with Gasteiger partial charge in [-0.05, 0) is 24.5 Å². The van der Waals surface area contributed by atoms with Gasteiger partial charge < -0.3 is 10.1 Å². The molecule has 1 aromatic rings. The maximum absolute atomic E-state index is 11.9. The van der Waals surface area contributed by atoms with Crippen LogP contribution in [0.25, 0.3) is 0 Å². The molecule has 1 heterocycles. The molecule has 1 aliphatic rings. The van der Waals surface area contributed by atoms with Crippen molar-refractivity contribution in [3.8, 4) is 18.1 Å². The number of unbranched alkanes of at least 4 members (excludes halogenated alkanes) is 2. The zero-order valence-corrected chi connectivity index (χ0v) is 10.3. The molecule has 1 atom stereocenters. The van der Waals surface area contributed by atoms with Crippen molar-refractivity contribution in [2.24, 2.45) is 0 Å². The van der Waals surface area contributed by atoms with Crippen molar-refractivity contribution in [3.05, 3.63) is 29.8 Å². The topological polar surface area (TPSA) is 38.3 Å². The lowest BCUT2D eigenvalue weighted by atomic mass is 10.1. The third-order valence-corrected chi connectivity index (χ3v) is 2.99. The summed E-state index contributed by atoms with van der Waals surface area (Å²) in [6, 6.07) is 7.77. The lowest BCUT2D eigenvalue weighted by Crippen LogP contribution is -2.37. The Morgan fingerprint density at radius 3 is 3.06 bits per heavy atom. The highest BCUT2D eigenvalue weighted by Gasteiger charge is 2.28. The zero-order valence-electron chi connectivity index (χ0n) is 10.3. The maximum Gasteiger partial charge on any atom is 0.261 e. The van der Waals surface area contributed by atoms with Gasteiger partial charge in [-0.25, -0.2) is 0 Å². The van der Waals surface area contributed by atoms with Crippen molar-refractivity contribution in [2.45, 2.75) is 31.8 Å². The minimum atomic E-state index is -0.380. The highest BCUT2D eigenvalue weighted by molar-refractivity contribution is 5.82. The van der Waals surface area contributed by atoms with Crippen LogP contribution in [-0.2, 0) is 11.2 Å². The number of amides is 1. The van der Waals surface area contributed by atoms with E-state index < -0.39 is 0 Å². The molecule has 0 aromatic heterocycles. The summed E-state index contributed by atoms with van der Waals surface area (Å²) in [4.78, 5) is 11.9. The fourth-order valence-corrected chi connectivity index (χ4v) is 2.01. The molecule has 0 spiro atoms. The van der Waals surface area contributed by atoms with Gasteiger partial charge in [-0.15, -0.1) is 12.3 Å². The van der Waals surface area contributed by atoms with Gasteiger partial charge in [0.2, 0.25) is 0 Å². The van der Waals surface area contributed by atoms with Crippen LogP contribution in [0.5, 0.6) is 5.75 Å². The molecule has 0 saturated heterocycles. The van der Waals surface area contributed by atoms with Crippen molar-refractivity contribution < 1.29 is 9.53 Å². The maximum atomic E-state index is 11.9. The van der Waals surface area contributed by atoms with Gasteiger partial charge in [0.15, 0.2) is 6.10 Å². The van der Waals surface area contributed by atoms with E-state index in [4.69, 9.17) is 11.2 Å². The number of terminal acetylenes is 1. The van der Waals surface area contributed by atoms with E-state index in [1.807, 2.05) is 24.3 Å². The number of nitrogens with one attached hydrogen (secondary N) is 1. The van der Waals surface area contributed by atoms with E-state index in [1.54, 1.807) is 0 Å². The molecule has 3 heteroatoms. The van der Waals surface area contributed by atoms with Crippen molar-refractivity contribution in [1.29, 1.82) is 0 Å². The van der Waals surface area contributed by atoms with Crippen LogP contribution in [0.2, 0.25) is 0 Å². The Kier molecular flexibility index (Phi) is 4.25. The van der Waals surface area contributed by atoms with E-state index >= 15 is 0 Å². The molecule has 2 rings (SSSR count). The second kappa shape index (κ2) is 6.11. The largest absolute Gasteiger partial charge is 0.480 e. The Balaban J connectivity index is 1.74. The van der Waals surface area contributed by atoms with Crippen LogP contribution in [0.3, 0.4) is 0 Å². The van der Waals surface area contributed by atoms with Gasteiger partial charge >= 0.3 is 0 Å². The number of hydrogen-bond donors (Lipinski definition) is 1. The van der Waals surface area contributed by atoms with Gasteiger partial charge in [-0.2, -0.15) is 0 Å². The predicted molar refractivity (Wildman–Crippen MR) is 70.3 cm³/mol. The Hall–Kier alpha value is -1.95. The van der Waals surface area contributed by atoms with Crippen LogP contribution in [0.4, 0.5) is 0 Å². The lowest BCUT2D eigenvalue weighted by Gasteiger charge is -2.10. The van der Waals surface area contributed by atoms with Gasteiger partial charge in [0.05, 0.1) is 0 Å². The van der Waals surface area contributed by atoms with Crippen molar-refractivity contribution in [1.82, 2.24) is 5.32 Å². The van der Waals surface area contributed by atoms with E-state index in [0.717, 1.165) is 30.6 Å². The molecule has 0 fully saturated rings. The average Bonchev–Trinajstić information content (AvgIpc) is 2.82. The molecule has 1 aliphatic heterocycles. The summed E-state index contributed by atoms with van der Waals surface area (Å²) in [5.74, 6) is 3.37. The molecule has 94 valence electrons. The molecule has 1 N–H and O–H groups in total. The minimum absolute atomic E-state index is 0.0353. The zero-order chi connectivity index (χ0) is 12.8. The third kappa shape index (κ3) is 3.04. The number of fused-ring (bicyclic) bond motifs is 1. The van der Waals surface area contributed by atoms with E-state index in [1.165, 1.54) is 0 Å². The first-order valence-electron chi connectivity index (χ1n) is 6.27. The molecular formula is C15H17NO2. The summed E-state index contributed by atoms with van der Waals surface area (Å²) in [7, 11) is 0. The Labute approximate surface area is 108 Å². The normalized spacial score (nSPS) is 16.5.